The number of nitrogens with zero attached hydrogens (tertiary/aromatic N) is 1. The molecule has 1 N–H and O–H groups in total. The molecule has 5 nitrogen and oxygen atoms in total. The Hall–Kier alpha value is -2.53. The summed E-state index contributed by atoms with van der Waals surface area (Å²) in [4.78, 5) is 26.6. The van der Waals surface area contributed by atoms with E-state index >= 15 is 0 Å². The predicted octanol–water partition coefficient (Wildman–Crippen LogP) is 3.33. The summed E-state index contributed by atoms with van der Waals surface area (Å²) in [7, 11) is 1.57. The molecule has 2 aromatic rings. The standard InChI is InChI=1S/C20H21ClN2O3/c1-13-6-7-18(26-2)17(8-13)23-12-15(10-19(23)24)20(25)22-11-14-4-3-5-16(21)9-14/h3-9,15H,10-12H2,1-2H3,(H,22,25)/t15-/m0/s1. The number of methoxy groups -OCH3 is 1. The van der Waals surface area contributed by atoms with Gasteiger partial charge in [-0.05, 0) is 42.3 Å². The Balaban J connectivity index is 1.67. The van der Waals surface area contributed by atoms with Crippen LogP contribution < -0.4 is 15.0 Å². The van der Waals surface area contributed by atoms with Crippen LogP contribution in [-0.2, 0) is 16.1 Å². The summed E-state index contributed by atoms with van der Waals surface area (Å²) in [6, 6.07) is 13.0. The first kappa shape index (κ1) is 18.3. The summed E-state index contributed by atoms with van der Waals surface area (Å²) in [6.45, 7) is 2.69. The van der Waals surface area contributed by atoms with Crippen LogP contribution in [0.4, 0.5) is 5.69 Å². The Kier molecular flexibility index (Phi) is 5.47. The third-order valence-corrected chi connectivity index (χ3v) is 4.71. The predicted molar refractivity (Wildman–Crippen MR) is 101 cm³/mol. The van der Waals surface area contributed by atoms with Crippen molar-refractivity contribution >= 4 is 29.1 Å². The maximum atomic E-state index is 12.5. The molecule has 2 aromatic carbocycles. The van der Waals surface area contributed by atoms with E-state index in [0.717, 1.165) is 11.1 Å². The average molecular weight is 373 g/mol. The molecule has 0 aliphatic carbocycles. The summed E-state index contributed by atoms with van der Waals surface area (Å²) in [5, 5.41) is 3.52. The number of aryl methyl sites for hydroxylation is 1. The Morgan fingerprint density at radius 2 is 2.12 bits per heavy atom. The van der Waals surface area contributed by atoms with Gasteiger partial charge in [0.15, 0.2) is 0 Å². The highest BCUT2D eigenvalue weighted by Gasteiger charge is 2.36. The summed E-state index contributed by atoms with van der Waals surface area (Å²) in [5.74, 6) is 0.0417. The fourth-order valence-corrected chi connectivity index (χ4v) is 3.32. The van der Waals surface area contributed by atoms with Gasteiger partial charge in [0.1, 0.15) is 5.75 Å². The van der Waals surface area contributed by atoms with Crippen LogP contribution in [0.2, 0.25) is 5.02 Å². The summed E-state index contributed by atoms with van der Waals surface area (Å²) >= 11 is 5.96. The van der Waals surface area contributed by atoms with Crippen molar-refractivity contribution in [2.45, 2.75) is 19.9 Å². The topological polar surface area (TPSA) is 58.6 Å². The van der Waals surface area contributed by atoms with Crippen molar-refractivity contribution in [3.05, 3.63) is 58.6 Å². The van der Waals surface area contributed by atoms with E-state index in [-0.39, 0.29) is 24.2 Å². The zero-order valence-electron chi connectivity index (χ0n) is 14.8. The molecule has 6 heteroatoms. The van der Waals surface area contributed by atoms with Crippen LogP contribution in [0.3, 0.4) is 0 Å². The lowest BCUT2D eigenvalue weighted by Crippen LogP contribution is -2.32. The lowest BCUT2D eigenvalue weighted by molar-refractivity contribution is -0.126. The Morgan fingerprint density at radius 3 is 2.85 bits per heavy atom. The molecule has 1 heterocycles. The molecule has 1 aliphatic heterocycles. The van der Waals surface area contributed by atoms with Crippen LogP contribution in [0.1, 0.15) is 17.5 Å². The lowest BCUT2D eigenvalue weighted by atomic mass is 10.1. The summed E-state index contributed by atoms with van der Waals surface area (Å²) in [6.07, 6.45) is 0.193. The Bertz CT molecular complexity index is 838. The quantitative estimate of drug-likeness (QED) is 0.875. The van der Waals surface area contributed by atoms with Gasteiger partial charge in [-0.15, -0.1) is 0 Å². The summed E-state index contributed by atoms with van der Waals surface area (Å²) < 4.78 is 5.37. The van der Waals surface area contributed by atoms with Crippen molar-refractivity contribution in [2.75, 3.05) is 18.6 Å². The first-order chi connectivity index (χ1) is 12.5. The van der Waals surface area contributed by atoms with Crippen LogP contribution in [-0.4, -0.2) is 25.5 Å². The van der Waals surface area contributed by atoms with Crippen LogP contribution in [0.15, 0.2) is 42.5 Å². The number of anilines is 1. The smallest absolute Gasteiger partial charge is 0.227 e. The van der Waals surface area contributed by atoms with Crippen molar-refractivity contribution in [2.24, 2.45) is 5.92 Å². The normalized spacial score (nSPS) is 16.7. The largest absolute Gasteiger partial charge is 0.495 e. The maximum absolute atomic E-state index is 12.5. The van der Waals surface area contributed by atoms with Gasteiger partial charge in [-0.1, -0.05) is 29.8 Å². The zero-order valence-corrected chi connectivity index (χ0v) is 15.5. The van der Waals surface area contributed by atoms with Gasteiger partial charge in [-0.3, -0.25) is 9.59 Å². The van der Waals surface area contributed by atoms with Gasteiger partial charge in [0.05, 0.1) is 18.7 Å². The van der Waals surface area contributed by atoms with Crippen LogP contribution in [0, 0.1) is 12.8 Å². The second-order valence-electron chi connectivity index (χ2n) is 6.43. The van der Waals surface area contributed by atoms with E-state index in [2.05, 4.69) is 5.32 Å². The first-order valence-electron chi connectivity index (χ1n) is 8.45. The van der Waals surface area contributed by atoms with Crippen molar-refractivity contribution in [1.82, 2.24) is 5.32 Å². The first-order valence-corrected chi connectivity index (χ1v) is 8.83. The molecule has 0 bridgehead atoms. The number of ether oxygens (including phenoxy) is 1. The van der Waals surface area contributed by atoms with E-state index in [9.17, 15) is 9.59 Å². The lowest BCUT2D eigenvalue weighted by Gasteiger charge is -2.20. The van der Waals surface area contributed by atoms with Crippen molar-refractivity contribution in [3.8, 4) is 5.75 Å². The van der Waals surface area contributed by atoms with Crippen LogP contribution in [0.5, 0.6) is 5.75 Å². The molecular formula is C20H21ClN2O3. The zero-order chi connectivity index (χ0) is 18.7. The molecular weight excluding hydrogens is 352 g/mol. The fraction of sp³-hybridized carbons (Fsp3) is 0.300. The SMILES string of the molecule is COc1ccc(C)cc1N1C[C@@H](C(=O)NCc2cccc(Cl)c2)CC1=O. The maximum Gasteiger partial charge on any atom is 0.227 e. The molecule has 1 fully saturated rings. The molecule has 26 heavy (non-hydrogen) atoms. The van der Waals surface area contributed by atoms with Gasteiger partial charge < -0.3 is 15.0 Å². The van der Waals surface area contributed by atoms with Gasteiger partial charge in [0.2, 0.25) is 11.8 Å². The molecule has 1 saturated heterocycles. The Morgan fingerprint density at radius 1 is 1.31 bits per heavy atom. The molecule has 1 aliphatic rings. The van der Waals surface area contributed by atoms with E-state index in [0.29, 0.717) is 29.5 Å². The van der Waals surface area contributed by atoms with E-state index in [1.54, 1.807) is 18.1 Å². The molecule has 1 atom stereocenters. The van der Waals surface area contributed by atoms with Gasteiger partial charge in [-0.2, -0.15) is 0 Å². The number of amides is 2. The highest BCUT2D eigenvalue weighted by Crippen LogP contribution is 2.33. The molecule has 0 aromatic heterocycles. The number of carbonyl (C=O) groups is 2. The number of carbonyl (C=O) groups excluding carboxylic acids is 2. The van der Waals surface area contributed by atoms with E-state index in [1.165, 1.54) is 0 Å². The number of halogens is 1. The van der Waals surface area contributed by atoms with Crippen LogP contribution >= 0.6 is 11.6 Å². The molecule has 136 valence electrons. The second-order valence-corrected chi connectivity index (χ2v) is 6.86. The average Bonchev–Trinajstić information content (AvgIpc) is 3.01. The monoisotopic (exact) mass is 372 g/mol. The minimum Gasteiger partial charge on any atom is -0.495 e. The van der Waals surface area contributed by atoms with Gasteiger partial charge in [-0.25, -0.2) is 0 Å². The van der Waals surface area contributed by atoms with Crippen molar-refractivity contribution < 1.29 is 14.3 Å². The number of nitrogens with one attached hydrogen (secondary N) is 1. The molecule has 2 amide bonds. The molecule has 0 radical (unpaired) electrons. The highest BCUT2D eigenvalue weighted by atomic mass is 35.5. The number of hydrogen-bond acceptors (Lipinski definition) is 3. The van der Waals surface area contributed by atoms with Gasteiger partial charge >= 0.3 is 0 Å². The minimum atomic E-state index is -0.382. The van der Waals surface area contributed by atoms with E-state index in [1.807, 2.05) is 43.3 Å². The number of rotatable bonds is 5. The number of benzene rings is 2. The Labute approximate surface area is 157 Å². The van der Waals surface area contributed by atoms with Gasteiger partial charge in [0.25, 0.3) is 0 Å². The fourth-order valence-electron chi connectivity index (χ4n) is 3.11. The van der Waals surface area contributed by atoms with E-state index < -0.39 is 0 Å². The third kappa shape index (κ3) is 3.99. The highest BCUT2D eigenvalue weighted by molar-refractivity contribution is 6.30. The van der Waals surface area contributed by atoms with E-state index in [4.69, 9.17) is 16.3 Å². The van der Waals surface area contributed by atoms with Crippen LogP contribution in [0.25, 0.3) is 0 Å². The third-order valence-electron chi connectivity index (χ3n) is 4.48. The minimum absolute atomic E-state index is 0.0724. The molecule has 0 saturated carbocycles. The van der Waals surface area contributed by atoms with Crippen molar-refractivity contribution in [3.63, 3.8) is 0 Å². The molecule has 3 rings (SSSR count). The summed E-state index contributed by atoms with van der Waals surface area (Å²) in [5.41, 5.74) is 2.66. The molecule has 0 spiro atoms. The second kappa shape index (κ2) is 7.79. The van der Waals surface area contributed by atoms with Gasteiger partial charge in [0, 0.05) is 24.5 Å². The number of hydrogen-bond donors (Lipinski definition) is 1. The molecule has 0 unspecified atom stereocenters. The van der Waals surface area contributed by atoms with Crippen molar-refractivity contribution in [1.29, 1.82) is 0 Å².